The second-order valence-corrected chi connectivity index (χ2v) is 3.34. The number of benzene rings is 1. The number of nitrogens with zero attached hydrogens (tertiary/aromatic N) is 2. The van der Waals surface area contributed by atoms with Crippen LogP contribution < -0.4 is 5.73 Å². The molecule has 2 rings (SSSR count). The first-order valence-corrected chi connectivity index (χ1v) is 4.64. The fourth-order valence-corrected chi connectivity index (χ4v) is 1.58. The quantitative estimate of drug-likeness (QED) is 0.569. The molecule has 76 valence electrons. The van der Waals surface area contributed by atoms with E-state index in [0.717, 1.165) is 11.3 Å². The van der Waals surface area contributed by atoms with Gasteiger partial charge in [0, 0.05) is 18.0 Å². The highest BCUT2D eigenvalue weighted by molar-refractivity contribution is 5.98. The van der Waals surface area contributed by atoms with E-state index < -0.39 is 0 Å². The van der Waals surface area contributed by atoms with Gasteiger partial charge in [0.2, 0.25) is 0 Å². The van der Waals surface area contributed by atoms with Gasteiger partial charge < -0.3 is 5.73 Å². The van der Waals surface area contributed by atoms with E-state index in [2.05, 4.69) is 5.10 Å². The van der Waals surface area contributed by atoms with E-state index in [-0.39, 0.29) is 5.84 Å². The summed E-state index contributed by atoms with van der Waals surface area (Å²) < 4.78 is 1.73. The van der Waals surface area contributed by atoms with Crippen LogP contribution in [0, 0.1) is 12.3 Å². The molecule has 4 heteroatoms. The Morgan fingerprint density at radius 1 is 1.40 bits per heavy atom. The predicted molar refractivity (Wildman–Crippen MR) is 59.3 cm³/mol. The highest BCUT2D eigenvalue weighted by Crippen LogP contribution is 2.17. The number of hydrogen-bond donors (Lipinski definition) is 2. The molecule has 0 aliphatic carbocycles. The minimum atomic E-state index is 0.0594. The van der Waals surface area contributed by atoms with Crippen LogP contribution >= 0.6 is 0 Å². The van der Waals surface area contributed by atoms with Gasteiger partial charge in [-0.3, -0.25) is 5.41 Å². The molecule has 0 atom stereocenters. The van der Waals surface area contributed by atoms with Gasteiger partial charge in [-0.15, -0.1) is 0 Å². The lowest BCUT2D eigenvalue weighted by molar-refractivity contribution is 0.870. The first kappa shape index (κ1) is 9.45. The molecule has 0 spiro atoms. The Bertz CT molecular complexity index is 485. The van der Waals surface area contributed by atoms with Crippen molar-refractivity contribution in [3.05, 3.63) is 47.8 Å². The molecule has 0 aliphatic rings. The molecule has 1 heterocycles. The molecular weight excluding hydrogens is 188 g/mol. The summed E-state index contributed by atoms with van der Waals surface area (Å²) in [6.07, 6.45) is 3.55. The van der Waals surface area contributed by atoms with Crippen LogP contribution in [0.25, 0.3) is 5.69 Å². The Labute approximate surface area is 87.9 Å². The lowest BCUT2D eigenvalue weighted by atomic mass is 10.1. The van der Waals surface area contributed by atoms with Gasteiger partial charge in [-0.25, -0.2) is 4.68 Å². The fourth-order valence-electron chi connectivity index (χ4n) is 1.58. The summed E-state index contributed by atoms with van der Waals surface area (Å²) in [5.41, 5.74) is 8.16. The van der Waals surface area contributed by atoms with Crippen LogP contribution in [-0.4, -0.2) is 15.6 Å². The smallest absolute Gasteiger partial charge is 0.124 e. The molecule has 0 fully saturated rings. The normalized spacial score (nSPS) is 10.2. The first-order chi connectivity index (χ1) is 7.20. The summed E-state index contributed by atoms with van der Waals surface area (Å²) in [6.45, 7) is 1.98. The van der Waals surface area contributed by atoms with Crippen molar-refractivity contribution in [2.75, 3.05) is 0 Å². The van der Waals surface area contributed by atoms with Crippen molar-refractivity contribution in [2.45, 2.75) is 6.92 Å². The molecule has 0 amide bonds. The van der Waals surface area contributed by atoms with Crippen molar-refractivity contribution in [3.8, 4) is 5.69 Å². The van der Waals surface area contributed by atoms with E-state index >= 15 is 0 Å². The molecule has 4 nitrogen and oxygen atoms in total. The third-order valence-electron chi connectivity index (χ3n) is 2.26. The Morgan fingerprint density at radius 3 is 2.80 bits per heavy atom. The van der Waals surface area contributed by atoms with Crippen LogP contribution in [0.1, 0.15) is 11.1 Å². The molecule has 0 bridgehead atoms. The van der Waals surface area contributed by atoms with Crippen molar-refractivity contribution < 1.29 is 0 Å². The molecule has 1 aromatic carbocycles. The number of rotatable bonds is 2. The van der Waals surface area contributed by atoms with Crippen LogP contribution in [-0.2, 0) is 0 Å². The van der Waals surface area contributed by atoms with E-state index in [9.17, 15) is 0 Å². The zero-order valence-electron chi connectivity index (χ0n) is 8.44. The topological polar surface area (TPSA) is 67.7 Å². The molecule has 0 unspecified atom stereocenters. The van der Waals surface area contributed by atoms with Crippen molar-refractivity contribution in [1.29, 1.82) is 5.41 Å². The Hall–Kier alpha value is -2.10. The molecular formula is C11H12N4. The molecule has 0 saturated heterocycles. The van der Waals surface area contributed by atoms with Gasteiger partial charge in [-0.05, 0) is 24.6 Å². The van der Waals surface area contributed by atoms with Gasteiger partial charge in [0.15, 0.2) is 0 Å². The standard InChI is InChI=1S/C11H12N4/c1-8-4-2-5-9(11(12)13)10(8)15-7-3-6-14-15/h2-7H,1H3,(H3,12,13). The minimum absolute atomic E-state index is 0.0594. The Balaban J connectivity index is 2.68. The van der Waals surface area contributed by atoms with Crippen LogP contribution in [0.3, 0.4) is 0 Å². The number of hydrogen-bond acceptors (Lipinski definition) is 2. The van der Waals surface area contributed by atoms with Crippen molar-refractivity contribution in [3.63, 3.8) is 0 Å². The zero-order chi connectivity index (χ0) is 10.8. The third-order valence-corrected chi connectivity index (χ3v) is 2.26. The maximum absolute atomic E-state index is 7.51. The molecule has 2 aromatic rings. The molecule has 0 saturated carbocycles. The number of aromatic nitrogens is 2. The highest BCUT2D eigenvalue weighted by atomic mass is 15.3. The zero-order valence-corrected chi connectivity index (χ0v) is 8.44. The second kappa shape index (κ2) is 3.57. The van der Waals surface area contributed by atoms with E-state index in [1.807, 2.05) is 37.4 Å². The Morgan fingerprint density at radius 2 is 2.20 bits per heavy atom. The molecule has 0 radical (unpaired) electrons. The summed E-state index contributed by atoms with van der Waals surface area (Å²) >= 11 is 0. The SMILES string of the molecule is Cc1cccc(C(=N)N)c1-n1cccn1. The van der Waals surface area contributed by atoms with Gasteiger partial charge in [0.1, 0.15) is 5.84 Å². The largest absolute Gasteiger partial charge is 0.384 e. The van der Waals surface area contributed by atoms with Crippen molar-refractivity contribution in [2.24, 2.45) is 5.73 Å². The maximum Gasteiger partial charge on any atom is 0.124 e. The maximum atomic E-state index is 7.51. The first-order valence-electron chi connectivity index (χ1n) is 4.64. The molecule has 3 N–H and O–H groups in total. The highest BCUT2D eigenvalue weighted by Gasteiger charge is 2.09. The van der Waals surface area contributed by atoms with Gasteiger partial charge in [-0.2, -0.15) is 5.10 Å². The summed E-state index contributed by atoms with van der Waals surface area (Å²) in [7, 11) is 0. The van der Waals surface area contributed by atoms with Crippen LogP contribution in [0.2, 0.25) is 0 Å². The number of para-hydroxylation sites is 1. The average Bonchev–Trinajstić information content (AvgIpc) is 2.70. The monoisotopic (exact) mass is 200 g/mol. The van der Waals surface area contributed by atoms with E-state index in [1.165, 1.54) is 0 Å². The lowest BCUT2D eigenvalue weighted by Gasteiger charge is -2.11. The van der Waals surface area contributed by atoms with Gasteiger partial charge in [0.05, 0.1) is 5.69 Å². The molecule has 1 aromatic heterocycles. The summed E-state index contributed by atoms with van der Waals surface area (Å²) in [6, 6.07) is 7.53. The van der Waals surface area contributed by atoms with Gasteiger partial charge >= 0.3 is 0 Å². The predicted octanol–water partition coefficient (Wildman–Crippen LogP) is 1.46. The third kappa shape index (κ3) is 1.61. The van der Waals surface area contributed by atoms with Crippen LogP contribution in [0.15, 0.2) is 36.7 Å². The number of aryl methyl sites for hydroxylation is 1. The fraction of sp³-hybridized carbons (Fsp3) is 0.0909. The Kier molecular flexibility index (Phi) is 2.25. The van der Waals surface area contributed by atoms with Gasteiger partial charge in [0.25, 0.3) is 0 Å². The number of amidine groups is 1. The second-order valence-electron chi connectivity index (χ2n) is 3.34. The summed E-state index contributed by atoms with van der Waals surface area (Å²) in [5.74, 6) is 0.0594. The van der Waals surface area contributed by atoms with E-state index in [1.54, 1.807) is 10.9 Å². The minimum Gasteiger partial charge on any atom is -0.384 e. The molecule has 15 heavy (non-hydrogen) atoms. The average molecular weight is 200 g/mol. The van der Waals surface area contributed by atoms with Crippen LogP contribution in [0.4, 0.5) is 0 Å². The lowest BCUT2D eigenvalue weighted by Crippen LogP contribution is -2.15. The van der Waals surface area contributed by atoms with Crippen LogP contribution in [0.5, 0.6) is 0 Å². The molecule has 0 aliphatic heterocycles. The van der Waals surface area contributed by atoms with Gasteiger partial charge in [-0.1, -0.05) is 12.1 Å². The summed E-state index contributed by atoms with van der Waals surface area (Å²) in [5, 5.41) is 11.7. The summed E-state index contributed by atoms with van der Waals surface area (Å²) in [4.78, 5) is 0. The number of nitrogens with one attached hydrogen (secondary N) is 1. The van der Waals surface area contributed by atoms with E-state index in [4.69, 9.17) is 11.1 Å². The van der Waals surface area contributed by atoms with E-state index in [0.29, 0.717) is 5.56 Å². The number of nitrogens with two attached hydrogens (primary N) is 1. The number of nitrogen functional groups attached to an aromatic ring is 1. The van der Waals surface area contributed by atoms with Crippen molar-refractivity contribution >= 4 is 5.84 Å². The van der Waals surface area contributed by atoms with Crippen molar-refractivity contribution in [1.82, 2.24) is 9.78 Å².